The van der Waals surface area contributed by atoms with Gasteiger partial charge in [0.05, 0.1) is 4.90 Å². The van der Waals surface area contributed by atoms with E-state index in [-0.39, 0.29) is 31.1 Å². The largest absolute Gasteiger partial charge is 0.281 e. The third-order valence-corrected chi connectivity index (χ3v) is 7.35. The van der Waals surface area contributed by atoms with Crippen molar-refractivity contribution in [1.82, 2.24) is 12.9 Å². The van der Waals surface area contributed by atoms with Crippen LogP contribution >= 0.6 is 0 Å². The zero-order valence-electron chi connectivity index (χ0n) is 12.6. The van der Waals surface area contributed by atoms with E-state index in [9.17, 15) is 25.6 Å². The van der Waals surface area contributed by atoms with Crippen LogP contribution in [-0.4, -0.2) is 70.0 Å². The lowest BCUT2D eigenvalue weighted by Gasteiger charge is -2.34. The van der Waals surface area contributed by atoms with E-state index in [2.05, 4.69) is 0 Å². The minimum Gasteiger partial charge on any atom is -0.207 e. The molecule has 1 aromatic carbocycles. The molecule has 1 aliphatic heterocycles. The van der Waals surface area contributed by atoms with Crippen molar-refractivity contribution in [3.8, 4) is 0 Å². The zero-order valence-corrected chi connectivity index (χ0v) is 14.2. The first kappa shape index (κ1) is 18.2. The fraction of sp³-hybridized carbons (Fsp3) is 0.500. The quantitative estimate of drug-likeness (QED) is 0.753. The molecule has 0 N–H and O–H groups in total. The maximum Gasteiger partial charge on any atom is 0.281 e. The van der Waals surface area contributed by atoms with Crippen molar-refractivity contribution < 1.29 is 25.6 Å². The lowest BCUT2D eigenvalue weighted by atomic mass is 10.3. The normalized spacial score (nSPS) is 18.5. The first-order valence-corrected chi connectivity index (χ1v) is 9.53. The maximum absolute atomic E-state index is 13.2. The summed E-state index contributed by atoms with van der Waals surface area (Å²) < 4.78 is 78.2. The fourth-order valence-electron chi connectivity index (χ4n) is 2.16. The minimum atomic E-state index is -4.00. The van der Waals surface area contributed by atoms with Gasteiger partial charge in [-0.3, -0.25) is 0 Å². The first-order chi connectivity index (χ1) is 10.6. The van der Waals surface area contributed by atoms with Crippen LogP contribution in [0.5, 0.6) is 0 Å². The Bertz CT molecular complexity index is 789. The minimum absolute atomic E-state index is 0.0105. The smallest absolute Gasteiger partial charge is 0.207 e. The summed E-state index contributed by atoms with van der Waals surface area (Å²) >= 11 is 0. The average molecular weight is 369 g/mol. The highest BCUT2D eigenvalue weighted by Gasteiger charge is 2.34. The Labute approximate surface area is 134 Å². The van der Waals surface area contributed by atoms with Crippen LogP contribution in [0.4, 0.5) is 8.78 Å². The van der Waals surface area contributed by atoms with Gasteiger partial charge in [-0.2, -0.15) is 21.3 Å². The van der Waals surface area contributed by atoms with Crippen LogP contribution in [0.3, 0.4) is 0 Å². The Morgan fingerprint density at radius 3 is 1.91 bits per heavy atom. The lowest BCUT2D eigenvalue weighted by Crippen LogP contribution is -2.52. The summed E-state index contributed by atoms with van der Waals surface area (Å²) in [5.74, 6) is -2.38. The van der Waals surface area contributed by atoms with Crippen molar-refractivity contribution >= 4 is 20.2 Å². The monoisotopic (exact) mass is 369 g/mol. The van der Waals surface area contributed by atoms with Gasteiger partial charge >= 0.3 is 0 Å². The molecule has 130 valence electrons. The number of hydrogen-bond acceptors (Lipinski definition) is 4. The van der Waals surface area contributed by atoms with E-state index < -0.39 is 31.9 Å². The molecule has 0 bridgehead atoms. The van der Waals surface area contributed by atoms with Crippen molar-refractivity contribution in [2.45, 2.75) is 4.90 Å². The van der Waals surface area contributed by atoms with Crippen molar-refractivity contribution in [2.75, 3.05) is 40.3 Å². The second-order valence-electron chi connectivity index (χ2n) is 5.17. The summed E-state index contributed by atoms with van der Waals surface area (Å²) in [6.07, 6.45) is 0. The molecule has 0 atom stereocenters. The first-order valence-electron chi connectivity index (χ1n) is 6.69. The zero-order chi connectivity index (χ0) is 17.4. The van der Waals surface area contributed by atoms with Crippen LogP contribution in [0.15, 0.2) is 23.1 Å². The molecule has 0 unspecified atom stereocenters. The molecular formula is C12H17F2N3O4S2. The highest BCUT2D eigenvalue weighted by molar-refractivity contribution is 7.89. The number of hydrogen-bond donors (Lipinski definition) is 0. The SMILES string of the molecule is CN(C)S(=O)(=O)N1CCN(S(=O)(=O)c2ccc(F)c(F)c2)CC1. The van der Waals surface area contributed by atoms with Gasteiger partial charge in [0.25, 0.3) is 10.2 Å². The van der Waals surface area contributed by atoms with Crippen molar-refractivity contribution in [1.29, 1.82) is 0 Å². The molecule has 1 heterocycles. The standard InChI is InChI=1S/C12H17F2N3O4S2/c1-15(2)23(20,21)17-7-5-16(6-8-17)22(18,19)10-3-4-11(13)12(14)9-10/h3-4,9H,5-8H2,1-2H3. The highest BCUT2D eigenvalue weighted by atomic mass is 32.2. The number of piperazine rings is 1. The predicted molar refractivity (Wildman–Crippen MR) is 79.3 cm³/mol. The molecule has 1 aromatic rings. The van der Waals surface area contributed by atoms with Gasteiger partial charge < -0.3 is 0 Å². The van der Waals surface area contributed by atoms with Crippen molar-refractivity contribution in [3.63, 3.8) is 0 Å². The highest BCUT2D eigenvalue weighted by Crippen LogP contribution is 2.21. The second kappa shape index (κ2) is 6.40. The molecule has 0 saturated carbocycles. The van der Waals surface area contributed by atoms with Crippen LogP contribution in [0.1, 0.15) is 0 Å². The number of sulfonamides is 1. The summed E-state index contributed by atoms with van der Waals surface area (Å²) in [6.45, 7) is -0.143. The van der Waals surface area contributed by atoms with Gasteiger partial charge in [0.2, 0.25) is 10.0 Å². The number of halogens is 2. The number of rotatable bonds is 4. The van der Waals surface area contributed by atoms with E-state index >= 15 is 0 Å². The Hall–Kier alpha value is -1.14. The van der Waals surface area contributed by atoms with Gasteiger partial charge in [0.15, 0.2) is 11.6 Å². The Morgan fingerprint density at radius 2 is 1.43 bits per heavy atom. The molecule has 1 fully saturated rings. The summed E-state index contributed by atoms with van der Waals surface area (Å²) in [7, 11) is -4.83. The molecule has 0 spiro atoms. The van der Waals surface area contributed by atoms with Crippen LogP contribution in [-0.2, 0) is 20.2 Å². The Balaban J connectivity index is 2.17. The molecule has 0 aliphatic carbocycles. The third kappa shape index (κ3) is 3.53. The lowest BCUT2D eigenvalue weighted by molar-refractivity contribution is 0.262. The second-order valence-corrected chi connectivity index (χ2v) is 9.25. The molecular weight excluding hydrogens is 352 g/mol. The van der Waals surface area contributed by atoms with E-state index in [1.54, 1.807) is 0 Å². The third-order valence-electron chi connectivity index (χ3n) is 3.51. The summed E-state index contributed by atoms with van der Waals surface area (Å²) in [4.78, 5) is -0.361. The van der Waals surface area contributed by atoms with Gasteiger partial charge in [-0.1, -0.05) is 0 Å². The van der Waals surface area contributed by atoms with Crippen LogP contribution < -0.4 is 0 Å². The van der Waals surface area contributed by atoms with Crippen molar-refractivity contribution in [3.05, 3.63) is 29.8 Å². The van der Waals surface area contributed by atoms with E-state index in [0.29, 0.717) is 6.07 Å². The van der Waals surface area contributed by atoms with E-state index in [1.807, 2.05) is 0 Å². The molecule has 0 radical (unpaired) electrons. The molecule has 0 aromatic heterocycles. The van der Waals surface area contributed by atoms with E-state index in [4.69, 9.17) is 0 Å². The van der Waals surface area contributed by atoms with E-state index in [1.165, 1.54) is 18.4 Å². The van der Waals surface area contributed by atoms with Crippen LogP contribution in [0.2, 0.25) is 0 Å². The van der Waals surface area contributed by atoms with E-state index in [0.717, 1.165) is 20.7 Å². The molecule has 1 saturated heterocycles. The summed E-state index contributed by atoms with van der Waals surface area (Å²) in [5.41, 5.74) is 0. The van der Waals surface area contributed by atoms with Crippen LogP contribution in [0.25, 0.3) is 0 Å². The molecule has 11 heteroatoms. The molecule has 23 heavy (non-hydrogen) atoms. The number of benzene rings is 1. The van der Waals surface area contributed by atoms with Crippen molar-refractivity contribution in [2.24, 2.45) is 0 Å². The van der Waals surface area contributed by atoms with Crippen LogP contribution in [0, 0.1) is 11.6 Å². The van der Waals surface area contributed by atoms with Gasteiger partial charge in [-0.25, -0.2) is 17.2 Å². The Kier molecular flexibility index (Phi) is 5.06. The fourth-order valence-corrected chi connectivity index (χ4v) is 4.68. The molecule has 1 aliphatic rings. The Morgan fingerprint density at radius 1 is 0.913 bits per heavy atom. The molecule has 0 amide bonds. The maximum atomic E-state index is 13.2. The molecule has 2 rings (SSSR count). The van der Waals surface area contributed by atoms with Gasteiger partial charge in [0.1, 0.15) is 0 Å². The van der Waals surface area contributed by atoms with Gasteiger partial charge in [-0.15, -0.1) is 0 Å². The summed E-state index contributed by atoms with van der Waals surface area (Å²) in [6, 6.07) is 2.35. The average Bonchev–Trinajstić information content (AvgIpc) is 2.49. The van der Waals surface area contributed by atoms with Gasteiger partial charge in [0, 0.05) is 40.3 Å². The summed E-state index contributed by atoms with van der Waals surface area (Å²) in [5, 5.41) is 0. The number of nitrogens with zero attached hydrogens (tertiary/aromatic N) is 3. The molecule has 7 nitrogen and oxygen atoms in total. The topological polar surface area (TPSA) is 78.0 Å². The predicted octanol–water partition coefficient (Wildman–Crippen LogP) is 0.0775. The van der Waals surface area contributed by atoms with Gasteiger partial charge in [-0.05, 0) is 18.2 Å².